The third-order valence-corrected chi connectivity index (χ3v) is 9.04. The van der Waals surface area contributed by atoms with Crippen LogP contribution in [0, 0.1) is 29.1 Å². The van der Waals surface area contributed by atoms with E-state index < -0.39 is 5.60 Å². The summed E-state index contributed by atoms with van der Waals surface area (Å²) in [6, 6.07) is 7.82. The lowest BCUT2D eigenvalue weighted by atomic mass is 9.51. The number of hydrogen-bond acceptors (Lipinski definition) is 4. The molecule has 0 aliphatic heterocycles. The topological polar surface area (TPSA) is 63.6 Å². The van der Waals surface area contributed by atoms with Gasteiger partial charge in [0.2, 0.25) is 0 Å². The number of ketones is 1. The van der Waals surface area contributed by atoms with E-state index in [4.69, 9.17) is 4.74 Å². The van der Waals surface area contributed by atoms with Gasteiger partial charge in [-0.2, -0.15) is 0 Å². The molecule has 2 saturated carbocycles. The van der Waals surface area contributed by atoms with Gasteiger partial charge in [-0.15, -0.1) is 5.92 Å². The molecule has 5 atom stereocenters. The number of aliphatic hydroxyl groups is 1. The number of benzene rings is 1. The fourth-order valence-electron chi connectivity index (χ4n) is 7.44. The molecule has 4 aliphatic carbocycles. The van der Waals surface area contributed by atoms with Crippen LogP contribution in [0.25, 0.3) is 0 Å². The first kappa shape index (κ1) is 23.1. The van der Waals surface area contributed by atoms with Crippen LogP contribution in [-0.2, 0) is 9.53 Å². The van der Waals surface area contributed by atoms with Gasteiger partial charge in [-0.3, -0.25) is 4.79 Å². The average Bonchev–Trinajstić information content (AvgIpc) is 3.09. The molecule has 4 heteroatoms. The van der Waals surface area contributed by atoms with Crippen LogP contribution in [0.4, 0.5) is 0 Å². The number of hydrogen-bond donors (Lipinski definition) is 1. The van der Waals surface area contributed by atoms with E-state index in [2.05, 4.69) is 30.9 Å². The molecule has 1 aromatic carbocycles. The second-order valence-electron chi connectivity index (χ2n) is 10.6. The standard InChI is InChI=1S/C30H34O4/c1-4-15-30(33)16-14-26-24-12-10-21-17-22(31)11-13-23(21)27(24)25(18-29(26,30)3)19-6-8-20(9-7-19)28(32)34-5-2/h6-9,17,24-26,33H,5,10-14,16,18H2,1-3H3/t24-,25+,26-,29-,30-/m0/s1. The first-order chi connectivity index (χ1) is 16.3. The van der Waals surface area contributed by atoms with Crippen molar-refractivity contribution < 1.29 is 19.4 Å². The van der Waals surface area contributed by atoms with Gasteiger partial charge in [0.05, 0.1) is 12.2 Å². The van der Waals surface area contributed by atoms with Crippen LogP contribution in [0.3, 0.4) is 0 Å². The average molecular weight is 459 g/mol. The fraction of sp³-hybridized carbons (Fsp3) is 0.533. The summed E-state index contributed by atoms with van der Waals surface area (Å²) in [7, 11) is 0. The maximum atomic E-state index is 12.2. The molecule has 0 bridgehead atoms. The van der Waals surface area contributed by atoms with Crippen LogP contribution in [0.5, 0.6) is 0 Å². The number of rotatable bonds is 3. The van der Waals surface area contributed by atoms with Crippen molar-refractivity contribution in [2.45, 2.75) is 77.2 Å². The Morgan fingerprint density at radius 3 is 2.65 bits per heavy atom. The number of allylic oxidation sites excluding steroid dienone is 4. The summed E-state index contributed by atoms with van der Waals surface area (Å²) in [4.78, 5) is 24.4. The lowest BCUT2D eigenvalue weighted by molar-refractivity contribution is -0.114. The normalized spacial score (nSPS) is 34.3. The second-order valence-corrected chi connectivity index (χ2v) is 10.6. The van der Waals surface area contributed by atoms with E-state index in [0.717, 1.165) is 37.7 Å². The molecular formula is C30H34O4. The quantitative estimate of drug-likeness (QED) is 0.479. The number of carbonyl (C=O) groups is 2. The minimum absolute atomic E-state index is 0.137. The molecule has 4 nitrogen and oxygen atoms in total. The number of ether oxygens (including phenoxy) is 1. The zero-order chi connectivity index (χ0) is 24.1. The highest BCUT2D eigenvalue weighted by molar-refractivity contribution is 5.93. The predicted octanol–water partition coefficient (Wildman–Crippen LogP) is 5.52. The minimum atomic E-state index is -0.982. The molecule has 0 spiro atoms. The summed E-state index contributed by atoms with van der Waals surface area (Å²) < 4.78 is 5.17. The molecule has 1 N–H and O–H groups in total. The van der Waals surface area contributed by atoms with Gasteiger partial charge in [0.15, 0.2) is 5.78 Å². The van der Waals surface area contributed by atoms with E-state index in [1.165, 1.54) is 16.7 Å². The van der Waals surface area contributed by atoms with E-state index in [0.29, 0.717) is 36.8 Å². The molecule has 0 heterocycles. The summed E-state index contributed by atoms with van der Waals surface area (Å²) in [5.41, 5.74) is 4.52. The van der Waals surface area contributed by atoms with Crippen molar-refractivity contribution in [3.05, 3.63) is 58.2 Å². The molecule has 2 fully saturated rings. The monoisotopic (exact) mass is 458 g/mol. The van der Waals surface area contributed by atoms with Gasteiger partial charge < -0.3 is 9.84 Å². The maximum absolute atomic E-state index is 12.2. The summed E-state index contributed by atoms with van der Waals surface area (Å²) in [6.45, 7) is 6.22. The zero-order valence-corrected chi connectivity index (χ0v) is 20.4. The third kappa shape index (κ3) is 3.48. The highest BCUT2D eigenvalue weighted by atomic mass is 16.5. The lowest BCUT2D eigenvalue weighted by Crippen LogP contribution is -2.51. The van der Waals surface area contributed by atoms with Gasteiger partial charge in [0.1, 0.15) is 5.60 Å². The van der Waals surface area contributed by atoms with Gasteiger partial charge in [-0.1, -0.05) is 30.6 Å². The van der Waals surface area contributed by atoms with Crippen LogP contribution in [0.15, 0.2) is 47.1 Å². The summed E-state index contributed by atoms with van der Waals surface area (Å²) >= 11 is 0. The Morgan fingerprint density at radius 1 is 1.18 bits per heavy atom. The maximum Gasteiger partial charge on any atom is 0.338 e. The van der Waals surface area contributed by atoms with E-state index in [9.17, 15) is 14.7 Å². The molecule has 0 saturated heterocycles. The molecule has 34 heavy (non-hydrogen) atoms. The first-order valence-corrected chi connectivity index (χ1v) is 12.7. The Bertz CT molecular complexity index is 1140. The van der Waals surface area contributed by atoms with E-state index in [1.54, 1.807) is 0 Å². The molecule has 0 aromatic heterocycles. The van der Waals surface area contributed by atoms with E-state index in [1.807, 2.05) is 32.1 Å². The van der Waals surface area contributed by atoms with Crippen LogP contribution in [0.1, 0.15) is 87.6 Å². The largest absolute Gasteiger partial charge is 0.462 e. The highest BCUT2D eigenvalue weighted by Crippen LogP contribution is 2.66. The zero-order valence-electron chi connectivity index (χ0n) is 20.4. The van der Waals surface area contributed by atoms with Crippen molar-refractivity contribution in [2.24, 2.45) is 17.3 Å². The van der Waals surface area contributed by atoms with Crippen LogP contribution in [-0.4, -0.2) is 29.1 Å². The first-order valence-electron chi connectivity index (χ1n) is 12.7. The van der Waals surface area contributed by atoms with Crippen LogP contribution in [0.2, 0.25) is 0 Å². The van der Waals surface area contributed by atoms with Gasteiger partial charge in [0, 0.05) is 17.8 Å². The molecule has 1 aromatic rings. The summed E-state index contributed by atoms with van der Waals surface area (Å²) in [5, 5.41) is 11.7. The summed E-state index contributed by atoms with van der Waals surface area (Å²) in [6.07, 6.45) is 7.74. The Labute approximate surface area is 202 Å². The molecule has 4 aliphatic rings. The van der Waals surface area contributed by atoms with Crippen molar-refractivity contribution in [1.29, 1.82) is 0 Å². The molecule has 5 rings (SSSR count). The van der Waals surface area contributed by atoms with Crippen LogP contribution >= 0.6 is 0 Å². The van der Waals surface area contributed by atoms with Crippen molar-refractivity contribution in [3.63, 3.8) is 0 Å². The fourth-order valence-corrected chi connectivity index (χ4v) is 7.44. The Morgan fingerprint density at radius 2 is 1.94 bits per heavy atom. The molecule has 178 valence electrons. The van der Waals surface area contributed by atoms with Gasteiger partial charge in [-0.05, 0) is 99.1 Å². The third-order valence-electron chi connectivity index (χ3n) is 9.04. The van der Waals surface area contributed by atoms with Crippen molar-refractivity contribution >= 4 is 11.8 Å². The van der Waals surface area contributed by atoms with Gasteiger partial charge in [0.25, 0.3) is 0 Å². The Kier molecular flexibility index (Phi) is 5.81. The Hall–Kier alpha value is -2.64. The predicted molar refractivity (Wildman–Crippen MR) is 131 cm³/mol. The SMILES string of the molecule is CC#C[C@]1(O)CC[C@H]2[C@@H]3CCC4=CC(=O)CCC4=C3[C@@H](c3ccc(C(=O)OCC)cc3)C[C@@]21C. The van der Waals surface area contributed by atoms with Crippen molar-refractivity contribution in [1.82, 2.24) is 0 Å². The molecule has 0 amide bonds. The van der Waals surface area contributed by atoms with Crippen molar-refractivity contribution in [2.75, 3.05) is 6.61 Å². The molecular weight excluding hydrogens is 424 g/mol. The van der Waals surface area contributed by atoms with Crippen LogP contribution < -0.4 is 0 Å². The number of fused-ring (bicyclic) bond motifs is 4. The lowest BCUT2D eigenvalue weighted by Gasteiger charge is -2.53. The van der Waals surface area contributed by atoms with E-state index >= 15 is 0 Å². The smallest absolute Gasteiger partial charge is 0.338 e. The van der Waals surface area contributed by atoms with Gasteiger partial charge >= 0.3 is 5.97 Å². The summed E-state index contributed by atoms with van der Waals surface area (Å²) in [5.74, 6) is 7.05. The van der Waals surface area contributed by atoms with Gasteiger partial charge in [-0.25, -0.2) is 4.79 Å². The minimum Gasteiger partial charge on any atom is -0.462 e. The highest BCUT2D eigenvalue weighted by Gasteiger charge is 2.62. The van der Waals surface area contributed by atoms with E-state index in [-0.39, 0.29) is 23.1 Å². The Balaban J connectivity index is 1.63. The number of esters is 1. The molecule has 0 radical (unpaired) electrons. The second kappa shape index (κ2) is 8.54. The number of carbonyl (C=O) groups excluding carboxylic acids is 2. The van der Waals surface area contributed by atoms with Crippen molar-refractivity contribution in [3.8, 4) is 11.8 Å². The molecule has 0 unspecified atom stereocenters.